The van der Waals surface area contributed by atoms with Crippen molar-refractivity contribution in [2.75, 3.05) is 18.5 Å². The molecule has 0 aliphatic carbocycles. The van der Waals surface area contributed by atoms with Crippen molar-refractivity contribution < 1.29 is 32.6 Å². The normalized spacial score (nSPS) is 17.5. The van der Waals surface area contributed by atoms with Gasteiger partial charge in [-0.1, -0.05) is 11.6 Å². The Morgan fingerprint density at radius 2 is 1.81 bits per heavy atom. The second kappa shape index (κ2) is 10.9. The quantitative estimate of drug-likeness (QED) is 0.500. The van der Waals surface area contributed by atoms with Crippen LogP contribution in [0, 0.1) is 0 Å². The number of nitrogens with one attached hydrogen (secondary N) is 2. The number of ether oxygens (including phenoxy) is 2. The third kappa shape index (κ3) is 6.75. The van der Waals surface area contributed by atoms with Crippen molar-refractivity contribution in [3.63, 3.8) is 0 Å². The topological polar surface area (TPSA) is 131 Å². The zero-order chi connectivity index (χ0) is 23.1. The van der Waals surface area contributed by atoms with Crippen molar-refractivity contribution in [1.82, 2.24) is 4.72 Å². The molecule has 2 aromatic rings. The molecule has 0 radical (unpaired) electrons. The van der Waals surface area contributed by atoms with Gasteiger partial charge in [-0.15, -0.1) is 0 Å². The van der Waals surface area contributed by atoms with Crippen molar-refractivity contribution in [1.29, 1.82) is 0 Å². The first kappa shape index (κ1) is 24.1. The number of carbonyl (C=O) groups is 2. The van der Waals surface area contributed by atoms with Gasteiger partial charge in [0.05, 0.1) is 17.1 Å². The Morgan fingerprint density at radius 1 is 1.12 bits per heavy atom. The predicted octanol–water partition coefficient (Wildman–Crippen LogP) is 2.87. The number of hydrogen-bond donors (Lipinski definition) is 3. The smallest absolute Gasteiger partial charge is 0.335 e. The second-order valence-electron chi connectivity index (χ2n) is 7.13. The van der Waals surface area contributed by atoms with Crippen LogP contribution in [0.15, 0.2) is 53.4 Å². The molecule has 1 fully saturated rings. The van der Waals surface area contributed by atoms with Crippen LogP contribution in [-0.4, -0.2) is 50.9 Å². The van der Waals surface area contributed by atoms with Crippen molar-refractivity contribution in [2.24, 2.45) is 0 Å². The minimum Gasteiger partial charge on any atom is -0.478 e. The Bertz CT molecular complexity index is 1040. The molecule has 2 atom stereocenters. The van der Waals surface area contributed by atoms with Crippen LogP contribution in [0.2, 0.25) is 5.02 Å². The molecule has 1 saturated heterocycles. The molecule has 11 heteroatoms. The van der Waals surface area contributed by atoms with Gasteiger partial charge in [-0.05, 0) is 67.8 Å². The molecule has 0 spiro atoms. The number of aromatic carboxylic acids is 1. The highest BCUT2D eigenvalue weighted by molar-refractivity contribution is 7.89. The number of anilines is 1. The lowest BCUT2D eigenvalue weighted by molar-refractivity contribution is -0.166. The summed E-state index contributed by atoms with van der Waals surface area (Å²) in [4.78, 5) is 23.8. The SMILES string of the molecule is O=C(O)c1ccc(NC(=O)C(CO[C@H]2CCCCO2)NS(=O)(=O)c2ccc(Cl)cc2)cc1. The number of carboxylic acids is 1. The van der Waals surface area contributed by atoms with Crippen LogP contribution in [0.4, 0.5) is 5.69 Å². The summed E-state index contributed by atoms with van der Waals surface area (Å²) in [6.07, 6.45) is 1.95. The van der Waals surface area contributed by atoms with Crippen LogP contribution in [0.3, 0.4) is 0 Å². The molecule has 1 aliphatic heterocycles. The molecule has 172 valence electrons. The van der Waals surface area contributed by atoms with Gasteiger partial charge in [-0.3, -0.25) is 4.79 Å². The standard InChI is InChI=1S/C21H23ClN2O7S/c22-15-6-10-17(11-7-15)32(28,29)24-18(13-31-19-3-1-2-12-30-19)20(25)23-16-8-4-14(5-9-16)21(26)27/h4-11,18-19,24H,1-3,12-13H2,(H,23,25)(H,26,27)/t18?,19-/m0/s1. The van der Waals surface area contributed by atoms with Crippen LogP contribution >= 0.6 is 11.6 Å². The fraction of sp³-hybridized carbons (Fsp3) is 0.333. The van der Waals surface area contributed by atoms with Crippen LogP contribution < -0.4 is 10.0 Å². The Morgan fingerprint density at radius 3 is 2.41 bits per heavy atom. The summed E-state index contributed by atoms with van der Waals surface area (Å²) in [5.74, 6) is -1.77. The van der Waals surface area contributed by atoms with E-state index in [2.05, 4.69) is 10.0 Å². The number of carboxylic acid groups (broad SMARTS) is 1. The van der Waals surface area contributed by atoms with Gasteiger partial charge in [0.1, 0.15) is 6.04 Å². The third-order valence-electron chi connectivity index (χ3n) is 4.72. The Kier molecular flexibility index (Phi) is 8.21. The average Bonchev–Trinajstić information content (AvgIpc) is 2.78. The number of carbonyl (C=O) groups excluding carboxylic acids is 1. The molecule has 3 rings (SSSR count). The molecular formula is C21H23ClN2O7S. The lowest BCUT2D eigenvalue weighted by atomic mass is 10.2. The van der Waals surface area contributed by atoms with E-state index >= 15 is 0 Å². The fourth-order valence-electron chi connectivity index (χ4n) is 3.00. The molecule has 1 heterocycles. The molecule has 0 aromatic heterocycles. The molecule has 1 aliphatic rings. The van der Waals surface area contributed by atoms with E-state index in [-0.39, 0.29) is 17.1 Å². The number of sulfonamides is 1. The van der Waals surface area contributed by atoms with Crippen LogP contribution in [0.5, 0.6) is 0 Å². The Balaban J connectivity index is 1.74. The van der Waals surface area contributed by atoms with E-state index in [0.717, 1.165) is 12.8 Å². The maximum Gasteiger partial charge on any atom is 0.335 e. The van der Waals surface area contributed by atoms with Gasteiger partial charge in [-0.25, -0.2) is 13.2 Å². The summed E-state index contributed by atoms with van der Waals surface area (Å²) in [5.41, 5.74) is 0.366. The van der Waals surface area contributed by atoms with Gasteiger partial charge in [0.2, 0.25) is 15.9 Å². The number of benzene rings is 2. The van der Waals surface area contributed by atoms with Crippen molar-refractivity contribution in [3.05, 3.63) is 59.1 Å². The number of rotatable bonds is 9. The van der Waals surface area contributed by atoms with Crippen molar-refractivity contribution in [3.8, 4) is 0 Å². The zero-order valence-corrected chi connectivity index (χ0v) is 18.6. The molecule has 32 heavy (non-hydrogen) atoms. The number of amides is 1. The van der Waals surface area contributed by atoms with E-state index in [1.807, 2.05) is 0 Å². The van der Waals surface area contributed by atoms with E-state index in [0.29, 0.717) is 23.7 Å². The molecule has 1 unspecified atom stereocenters. The highest BCUT2D eigenvalue weighted by Crippen LogP contribution is 2.17. The molecule has 2 aromatic carbocycles. The minimum atomic E-state index is -4.05. The molecule has 3 N–H and O–H groups in total. The van der Waals surface area contributed by atoms with Crippen molar-refractivity contribution in [2.45, 2.75) is 36.5 Å². The molecule has 9 nitrogen and oxygen atoms in total. The first-order chi connectivity index (χ1) is 15.2. The monoisotopic (exact) mass is 482 g/mol. The summed E-state index contributed by atoms with van der Waals surface area (Å²) in [5, 5.41) is 11.9. The van der Waals surface area contributed by atoms with Crippen LogP contribution in [-0.2, 0) is 24.3 Å². The largest absolute Gasteiger partial charge is 0.478 e. The van der Waals surface area contributed by atoms with Gasteiger partial charge in [0.15, 0.2) is 6.29 Å². The first-order valence-electron chi connectivity index (χ1n) is 9.90. The van der Waals surface area contributed by atoms with Gasteiger partial charge in [-0.2, -0.15) is 4.72 Å². The molecular weight excluding hydrogens is 460 g/mol. The van der Waals surface area contributed by atoms with E-state index in [1.165, 1.54) is 48.5 Å². The maximum absolute atomic E-state index is 12.9. The Labute approximate surface area is 190 Å². The van der Waals surface area contributed by atoms with Crippen molar-refractivity contribution >= 4 is 39.2 Å². The summed E-state index contributed by atoms with van der Waals surface area (Å²) in [6.45, 7) is 0.282. The third-order valence-corrected chi connectivity index (χ3v) is 6.46. The van der Waals surface area contributed by atoms with E-state index < -0.39 is 34.2 Å². The van der Waals surface area contributed by atoms with Gasteiger partial charge in [0, 0.05) is 17.3 Å². The zero-order valence-electron chi connectivity index (χ0n) is 17.0. The average molecular weight is 483 g/mol. The maximum atomic E-state index is 12.9. The van der Waals surface area contributed by atoms with Gasteiger partial charge < -0.3 is 19.9 Å². The highest BCUT2D eigenvalue weighted by Gasteiger charge is 2.28. The van der Waals surface area contributed by atoms with Gasteiger partial charge >= 0.3 is 5.97 Å². The van der Waals surface area contributed by atoms with E-state index in [1.54, 1.807) is 0 Å². The number of halogens is 1. The highest BCUT2D eigenvalue weighted by atomic mass is 35.5. The lowest BCUT2D eigenvalue weighted by Crippen LogP contribution is -2.47. The fourth-order valence-corrected chi connectivity index (χ4v) is 4.31. The minimum absolute atomic E-state index is 0.0561. The van der Waals surface area contributed by atoms with E-state index in [9.17, 15) is 18.0 Å². The summed E-state index contributed by atoms with van der Waals surface area (Å²) < 4.78 is 39.1. The molecule has 0 saturated carbocycles. The van der Waals surface area contributed by atoms with Gasteiger partial charge in [0.25, 0.3) is 0 Å². The summed E-state index contributed by atoms with van der Waals surface area (Å²) >= 11 is 5.82. The first-order valence-corrected chi connectivity index (χ1v) is 11.8. The van der Waals surface area contributed by atoms with E-state index in [4.69, 9.17) is 26.2 Å². The summed E-state index contributed by atoms with van der Waals surface area (Å²) in [7, 11) is -4.05. The molecule has 1 amide bonds. The second-order valence-corrected chi connectivity index (χ2v) is 9.28. The molecule has 0 bridgehead atoms. The Hall–Kier alpha value is -2.50. The predicted molar refractivity (Wildman–Crippen MR) is 117 cm³/mol. The summed E-state index contributed by atoms with van der Waals surface area (Å²) in [6, 6.07) is 9.75. The number of hydrogen-bond acceptors (Lipinski definition) is 6. The van der Waals surface area contributed by atoms with Crippen LogP contribution in [0.25, 0.3) is 0 Å². The lowest BCUT2D eigenvalue weighted by Gasteiger charge is -2.25. The van der Waals surface area contributed by atoms with Crippen LogP contribution in [0.1, 0.15) is 29.6 Å².